The SMILES string of the molecule is [B]CCCCOc1cc2oc3cc(OCCCC[B]C)c(CC=C(C)C)c(O)c3c(=O)c2c(CC=C(C)C)c1OC. The first-order valence-electron chi connectivity index (χ1n) is 14.6. The maximum Gasteiger partial charge on any atom is 0.204 e. The zero-order valence-corrected chi connectivity index (χ0v) is 25.5. The van der Waals surface area contributed by atoms with E-state index in [1.165, 1.54) is 0 Å². The van der Waals surface area contributed by atoms with Crippen molar-refractivity contribution < 1.29 is 23.7 Å². The monoisotopic (exact) mass is 557 g/mol. The third-order valence-electron chi connectivity index (χ3n) is 6.94. The Kier molecular flexibility index (Phi) is 12.3. The van der Waals surface area contributed by atoms with Crippen molar-refractivity contribution in [3.05, 3.63) is 56.8 Å². The van der Waals surface area contributed by atoms with Gasteiger partial charge in [0.2, 0.25) is 5.43 Å². The average molecular weight is 557 g/mol. The number of unbranched alkanes of at least 4 members (excludes halogenated alkanes) is 2. The number of ether oxygens (including phenoxy) is 3. The Bertz CT molecular complexity index is 1450. The van der Waals surface area contributed by atoms with E-state index >= 15 is 0 Å². The van der Waals surface area contributed by atoms with Crippen molar-refractivity contribution in [2.75, 3.05) is 20.3 Å². The largest absolute Gasteiger partial charge is 0.507 e. The molecule has 6 nitrogen and oxygen atoms in total. The lowest BCUT2D eigenvalue weighted by atomic mass is 9.76. The van der Waals surface area contributed by atoms with E-state index in [9.17, 15) is 9.90 Å². The number of fused-ring (bicyclic) bond motifs is 2. The van der Waals surface area contributed by atoms with Crippen LogP contribution in [0.15, 0.2) is 44.6 Å². The Hall–Kier alpha value is -3.28. The molecule has 1 aromatic heterocycles. The van der Waals surface area contributed by atoms with E-state index < -0.39 is 0 Å². The smallest absolute Gasteiger partial charge is 0.204 e. The molecule has 0 aliphatic carbocycles. The first-order chi connectivity index (χ1) is 19.7. The van der Waals surface area contributed by atoms with Gasteiger partial charge in [0.05, 0.1) is 33.6 Å². The highest BCUT2D eigenvalue weighted by Gasteiger charge is 2.24. The van der Waals surface area contributed by atoms with Gasteiger partial charge in [0.15, 0.2) is 11.5 Å². The second-order valence-corrected chi connectivity index (χ2v) is 10.8. The number of phenols is 1. The molecule has 0 saturated heterocycles. The molecule has 2 aromatic carbocycles. The molecule has 0 spiro atoms. The summed E-state index contributed by atoms with van der Waals surface area (Å²) in [4.78, 5) is 14.2. The molecule has 0 unspecified atom stereocenters. The van der Waals surface area contributed by atoms with E-state index in [-0.39, 0.29) is 22.1 Å². The molecule has 0 saturated carbocycles. The fourth-order valence-electron chi connectivity index (χ4n) is 4.73. The predicted octanol–water partition coefficient (Wildman–Crippen LogP) is 7.75. The van der Waals surface area contributed by atoms with Crippen molar-refractivity contribution in [1.29, 1.82) is 0 Å². The van der Waals surface area contributed by atoms with Crippen molar-refractivity contribution in [2.24, 2.45) is 0 Å². The number of benzene rings is 2. The van der Waals surface area contributed by atoms with Crippen molar-refractivity contribution in [3.63, 3.8) is 0 Å². The molecule has 0 bridgehead atoms. The lowest BCUT2D eigenvalue weighted by Crippen LogP contribution is -2.10. The van der Waals surface area contributed by atoms with Crippen LogP contribution >= 0.6 is 0 Å². The van der Waals surface area contributed by atoms with Crippen LogP contribution in [-0.4, -0.2) is 40.6 Å². The van der Waals surface area contributed by atoms with Gasteiger partial charge in [-0.25, -0.2) is 0 Å². The number of hydrogen-bond acceptors (Lipinski definition) is 6. The Labute approximate surface area is 246 Å². The third kappa shape index (κ3) is 8.14. The Morgan fingerprint density at radius 1 is 0.902 bits per heavy atom. The van der Waals surface area contributed by atoms with Gasteiger partial charge in [0.25, 0.3) is 0 Å². The molecular weight excluding hydrogens is 514 g/mol. The van der Waals surface area contributed by atoms with Crippen LogP contribution in [0.1, 0.15) is 64.5 Å². The second-order valence-electron chi connectivity index (χ2n) is 10.8. The summed E-state index contributed by atoms with van der Waals surface area (Å²) < 4.78 is 24.4. The minimum Gasteiger partial charge on any atom is -0.507 e. The van der Waals surface area contributed by atoms with Gasteiger partial charge in [0.1, 0.15) is 35.3 Å². The standard InChI is InChI=1S/C33H43B2O6/c1-21(2)11-13-23-25(39-18-10-8-16-35-5)19-27-30(31(23)36)32(37)29-24(14-12-22(3)4)33(38-6)28(20-26(29)41-27)40-17-9-7-15-34/h11-12,19-20,36H,7-10,13-18H2,1-6H3. The van der Waals surface area contributed by atoms with E-state index in [4.69, 9.17) is 26.5 Å². The highest BCUT2D eigenvalue weighted by atomic mass is 16.5. The summed E-state index contributed by atoms with van der Waals surface area (Å²) >= 11 is 0. The van der Waals surface area contributed by atoms with E-state index in [2.05, 4.69) is 7.28 Å². The molecular formula is C33H43B2O6. The molecule has 0 fully saturated rings. The minimum atomic E-state index is -0.313. The van der Waals surface area contributed by atoms with Crippen molar-refractivity contribution in [3.8, 4) is 23.0 Å². The molecule has 3 rings (SSSR count). The van der Waals surface area contributed by atoms with Gasteiger partial charge in [-0.05, 0) is 53.4 Å². The summed E-state index contributed by atoms with van der Waals surface area (Å²) in [7, 11) is 9.36. The van der Waals surface area contributed by atoms with E-state index in [1.54, 1.807) is 19.2 Å². The summed E-state index contributed by atoms with van der Waals surface area (Å²) in [5.41, 5.74) is 3.77. The summed E-state index contributed by atoms with van der Waals surface area (Å²) in [5.74, 6) is 1.40. The molecule has 1 heterocycles. The van der Waals surface area contributed by atoms with Crippen LogP contribution in [0.3, 0.4) is 0 Å². The normalized spacial score (nSPS) is 11.0. The zero-order chi connectivity index (χ0) is 29.9. The summed E-state index contributed by atoms with van der Waals surface area (Å²) in [6.07, 6.45) is 10.1. The molecule has 217 valence electrons. The van der Waals surface area contributed by atoms with Gasteiger partial charge in [-0.3, -0.25) is 4.79 Å². The molecule has 0 aliphatic heterocycles. The van der Waals surface area contributed by atoms with Crippen molar-refractivity contribution >= 4 is 37.1 Å². The third-order valence-corrected chi connectivity index (χ3v) is 6.94. The van der Waals surface area contributed by atoms with Gasteiger partial charge in [-0.2, -0.15) is 0 Å². The summed E-state index contributed by atoms with van der Waals surface area (Å²) in [6, 6.07) is 3.44. The van der Waals surface area contributed by atoms with Gasteiger partial charge in [-0.15, -0.1) is 0 Å². The maximum absolute atomic E-state index is 14.2. The van der Waals surface area contributed by atoms with E-state index in [1.807, 2.05) is 46.7 Å². The average Bonchev–Trinajstić information content (AvgIpc) is 2.93. The fraction of sp³-hybridized carbons (Fsp3) is 0.485. The van der Waals surface area contributed by atoms with Crippen LogP contribution in [0.4, 0.5) is 0 Å². The molecule has 3 aromatic rings. The van der Waals surface area contributed by atoms with Crippen LogP contribution in [0.25, 0.3) is 21.9 Å². The molecule has 1 N–H and O–H groups in total. The molecule has 41 heavy (non-hydrogen) atoms. The topological polar surface area (TPSA) is 78.1 Å². The zero-order valence-electron chi connectivity index (χ0n) is 25.5. The summed E-state index contributed by atoms with van der Waals surface area (Å²) in [6.45, 7) is 11.0. The molecule has 0 aliphatic rings. The number of methoxy groups -OCH3 is 1. The number of phenolic OH excluding ortho intramolecular Hbond substituents is 1. The quantitative estimate of drug-likeness (QED) is 0.0840. The second kappa shape index (κ2) is 15.6. The van der Waals surface area contributed by atoms with Crippen molar-refractivity contribution in [2.45, 2.75) is 85.7 Å². The number of aromatic hydroxyl groups is 1. The predicted molar refractivity (Wildman–Crippen MR) is 171 cm³/mol. The maximum atomic E-state index is 14.2. The van der Waals surface area contributed by atoms with Gasteiger partial charge in [-0.1, -0.05) is 55.6 Å². The minimum absolute atomic E-state index is 0.109. The Morgan fingerprint density at radius 2 is 1.49 bits per heavy atom. The number of rotatable bonds is 16. The highest BCUT2D eigenvalue weighted by Crippen LogP contribution is 2.41. The van der Waals surface area contributed by atoms with Gasteiger partial charge >= 0.3 is 0 Å². The fourth-order valence-corrected chi connectivity index (χ4v) is 4.73. The van der Waals surface area contributed by atoms with Gasteiger partial charge in [0, 0.05) is 23.3 Å². The number of allylic oxidation sites excluding steroid dienone is 4. The molecule has 3 radical (unpaired) electrons. The van der Waals surface area contributed by atoms with Gasteiger partial charge < -0.3 is 23.7 Å². The lowest BCUT2D eigenvalue weighted by Gasteiger charge is -2.18. The van der Waals surface area contributed by atoms with Crippen LogP contribution < -0.4 is 19.6 Å². The molecule has 0 amide bonds. The molecule has 8 heteroatoms. The van der Waals surface area contributed by atoms with Crippen molar-refractivity contribution in [1.82, 2.24) is 0 Å². The molecule has 0 atom stereocenters. The Balaban J connectivity index is 2.28. The van der Waals surface area contributed by atoms with Crippen LogP contribution in [0.5, 0.6) is 23.0 Å². The highest BCUT2D eigenvalue weighted by molar-refractivity contribution is 6.33. The lowest BCUT2D eigenvalue weighted by molar-refractivity contribution is 0.287. The summed E-state index contributed by atoms with van der Waals surface area (Å²) in [5, 5.41) is 12.0. The van der Waals surface area contributed by atoms with E-state index in [0.29, 0.717) is 71.7 Å². The Morgan fingerprint density at radius 3 is 2.10 bits per heavy atom. The van der Waals surface area contributed by atoms with Crippen LogP contribution in [0.2, 0.25) is 19.5 Å². The van der Waals surface area contributed by atoms with Crippen LogP contribution in [0, 0.1) is 0 Å². The van der Waals surface area contributed by atoms with Crippen LogP contribution in [-0.2, 0) is 12.8 Å². The first kappa shape index (κ1) is 32.2. The first-order valence-corrected chi connectivity index (χ1v) is 14.6. The number of hydrogen-bond donors (Lipinski definition) is 1. The van der Waals surface area contributed by atoms with E-state index in [0.717, 1.165) is 43.1 Å².